The molecule has 194 valence electrons. The summed E-state index contributed by atoms with van der Waals surface area (Å²) in [5.41, 5.74) is 4.23. The third-order valence-electron chi connectivity index (χ3n) is 6.64. The van der Waals surface area contributed by atoms with Gasteiger partial charge in [0.1, 0.15) is 11.5 Å². The zero-order chi connectivity index (χ0) is 26.6. The lowest BCUT2D eigenvalue weighted by Crippen LogP contribution is -2.33. The molecule has 0 atom stereocenters. The molecule has 0 saturated heterocycles. The van der Waals surface area contributed by atoms with Crippen molar-refractivity contribution in [1.29, 1.82) is 0 Å². The van der Waals surface area contributed by atoms with E-state index in [1.807, 2.05) is 79.8 Å². The zero-order valence-electron chi connectivity index (χ0n) is 21.7. The van der Waals surface area contributed by atoms with Crippen LogP contribution in [0, 0.1) is 0 Å². The summed E-state index contributed by atoms with van der Waals surface area (Å²) < 4.78 is 0. The average molecular weight is 526 g/mol. The molecule has 3 aromatic rings. The van der Waals surface area contributed by atoms with Crippen molar-refractivity contribution in [3.05, 3.63) is 88.6 Å². The van der Waals surface area contributed by atoms with Crippen molar-refractivity contribution in [2.24, 2.45) is 4.99 Å². The Kier molecular flexibility index (Phi) is 7.51. The summed E-state index contributed by atoms with van der Waals surface area (Å²) in [6.45, 7) is 4.14. The number of hydrogen-bond donors (Lipinski definition) is 1. The number of amides is 2. The van der Waals surface area contributed by atoms with Gasteiger partial charge in [-0.2, -0.15) is 0 Å². The number of carbonyl (C=O) groups excluding carboxylic acids is 2. The van der Waals surface area contributed by atoms with Crippen molar-refractivity contribution < 1.29 is 9.59 Å². The van der Waals surface area contributed by atoms with E-state index in [0.29, 0.717) is 25.4 Å². The topological polar surface area (TPSA) is 77.9 Å². The van der Waals surface area contributed by atoms with Crippen LogP contribution in [0.5, 0.6) is 0 Å². The molecule has 0 unspecified atom stereocenters. The molecule has 1 aliphatic carbocycles. The SMILES string of the molecule is C=N/C(=C\C=C/Cc1ccc(N(C)C)nc1)C(=O)N1CCc2cc(C(=O)NC3CC3)sc2-c2ccccc21. The Morgan fingerprint density at radius 2 is 2.05 bits per heavy atom. The van der Waals surface area contributed by atoms with Crippen molar-refractivity contribution in [1.82, 2.24) is 10.3 Å². The second kappa shape index (κ2) is 11.1. The molecule has 1 aromatic carbocycles. The van der Waals surface area contributed by atoms with Gasteiger partial charge in [0.05, 0.1) is 10.6 Å². The van der Waals surface area contributed by atoms with E-state index in [9.17, 15) is 9.59 Å². The van der Waals surface area contributed by atoms with Crippen LogP contribution in [0.1, 0.15) is 33.6 Å². The zero-order valence-corrected chi connectivity index (χ0v) is 22.5. The van der Waals surface area contributed by atoms with Gasteiger partial charge >= 0.3 is 0 Å². The Labute approximate surface area is 227 Å². The minimum absolute atomic E-state index is 0.00623. The second-order valence-corrected chi connectivity index (χ2v) is 10.8. The van der Waals surface area contributed by atoms with E-state index >= 15 is 0 Å². The maximum atomic E-state index is 13.6. The molecular weight excluding hydrogens is 494 g/mol. The van der Waals surface area contributed by atoms with Gasteiger partial charge < -0.3 is 15.1 Å². The number of anilines is 2. The van der Waals surface area contributed by atoms with Crippen LogP contribution in [0.15, 0.2) is 77.6 Å². The van der Waals surface area contributed by atoms with Crippen LogP contribution in [0.25, 0.3) is 10.4 Å². The molecule has 7 nitrogen and oxygen atoms in total. The highest BCUT2D eigenvalue weighted by Crippen LogP contribution is 2.42. The molecule has 0 radical (unpaired) electrons. The standard InChI is InChI=1S/C30H31N5O2S/c1-31-24(10-6-4-8-20-12-15-27(32-19-20)34(2)3)30(37)35-17-16-21-18-26(29(36)33-22-13-14-22)38-28(21)23-9-5-7-11-25(23)35/h4-7,9-12,15,18-19,22H,1,8,13-14,16-17H2,2-3H3,(H,33,36)/b6-4-,24-10-. The van der Waals surface area contributed by atoms with Crippen LogP contribution in [0.3, 0.4) is 0 Å². The quantitative estimate of drug-likeness (QED) is 0.254. The first kappa shape index (κ1) is 25.6. The summed E-state index contributed by atoms with van der Waals surface area (Å²) in [6, 6.07) is 14.2. The number of allylic oxidation sites excluding steroid dienone is 3. The van der Waals surface area contributed by atoms with Crippen LogP contribution in [0.2, 0.25) is 0 Å². The highest BCUT2D eigenvalue weighted by molar-refractivity contribution is 7.17. The summed E-state index contributed by atoms with van der Waals surface area (Å²) in [5.74, 6) is 0.704. The fourth-order valence-electron chi connectivity index (χ4n) is 4.40. The minimum Gasteiger partial charge on any atom is -0.363 e. The molecule has 1 N–H and O–H groups in total. The first-order valence-corrected chi connectivity index (χ1v) is 13.6. The predicted octanol–water partition coefficient (Wildman–Crippen LogP) is 5.04. The maximum Gasteiger partial charge on any atom is 0.276 e. The lowest BCUT2D eigenvalue weighted by molar-refractivity contribution is -0.115. The van der Waals surface area contributed by atoms with Crippen LogP contribution >= 0.6 is 11.3 Å². The number of fused-ring (bicyclic) bond motifs is 3. The monoisotopic (exact) mass is 525 g/mol. The van der Waals surface area contributed by atoms with E-state index in [2.05, 4.69) is 22.0 Å². The number of thiophene rings is 1. The molecule has 5 rings (SSSR count). The van der Waals surface area contributed by atoms with Crippen LogP contribution in [-0.2, 0) is 17.6 Å². The molecule has 0 spiro atoms. The number of hydrogen-bond acceptors (Lipinski definition) is 6. The first-order valence-electron chi connectivity index (χ1n) is 12.7. The number of benzene rings is 1. The Bertz CT molecular complexity index is 1420. The average Bonchev–Trinajstić information content (AvgIpc) is 3.67. The van der Waals surface area contributed by atoms with Crippen molar-refractivity contribution in [3.8, 4) is 10.4 Å². The molecule has 1 saturated carbocycles. The lowest BCUT2D eigenvalue weighted by atomic mass is 10.1. The van der Waals surface area contributed by atoms with Gasteiger partial charge in [-0.05, 0) is 67.8 Å². The molecule has 2 amide bonds. The molecule has 1 aliphatic heterocycles. The number of carbonyl (C=O) groups is 2. The fraction of sp³-hybridized carbons (Fsp3) is 0.267. The molecule has 1 fully saturated rings. The number of para-hydroxylation sites is 1. The summed E-state index contributed by atoms with van der Waals surface area (Å²) in [6.07, 6.45) is 10.8. The molecule has 3 heterocycles. The van der Waals surface area contributed by atoms with Gasteiger partial charge in [-0.25, -0.2) is 4.98 Å². The van der Waals surface area contributed by atoms with E-state index in [1.165, 1.54) is 11.3 Å². The Balaban J connectivity index is 1.33. The van der Waals surface area contributed by atoms with Gasteiger partial charge in [-0.15, -0.1) is 11.3 Å². The third-order valence-corrected chi connectivity index (χ3v) is 7.84. The summed E-state index contributed by atoms with van der Waals surface area (Å²) in [7, 11) is 3.92. The van der Waals surface area contributed by atoms with E-state index in [-0.39, 0.29) is 17.5 Å². The van der Waals surface area contributed by atoms with Gasteiger partial charge in [0.15, 0.2) is 0 Å². The highest BCUT2D eigenvalue weighted by Gasteiger charge is 2.29. The lowest BCUT2D eigenvalue weighted by Gasteiger charge is -2.23. The van der Waals surface area contributed by atoms with Gasteiger partial charge in [-0.3, -0.25) is 14.6 Å². The first-order chi connectivity index (χ1) is 18.4. The van der Waals surface area contributed by atoms with Crippen LogP contribution < -0.4 is 15.1 Å². The van der Waals surface area contributed by atoms with Gasteiger partial charge in [0.25, 0.3) is 11.8 Å². The smallest absolute Gasteiger partial charge is 0.276 e. The molecule has 2 aliphatic rings. The van der Waals surface area contributed by atoms with Crippen molar-refractivity contribution >= 4 is 41.4 Å². The van der Waals surface area contributed by atoms with E-state index in [0.717, 1.165) is 50.8 Å². The van der Waals surface area contributed by atoms with Crippen LogP contribution in [-0.4, -0.2) is 50.2 Å². The largest absolute Gasteiger partial charge is 0.363 e. The second-order valence-electron chi connectivity index (χ2n) is 9.70. The van der Waals surface area contributed by atoms with Crippen LogP contribution in [0.4, 0.5) is 11.5 Å². The number of nitrogens with one attached hydrogen (secondary N) is 1. The number of nitrogens with zero attached hydrogens (tertiary/aromatic N) is 4. The van der Waals surface area contributed by atoms with Crippen molar-refractivity contribution in [2.75, 3.05) is 30.4 Å². The maximum absolute atomic E-state index is 13.6. The molecule has 2 aromatic heterocycles. The Hall–Kier alpha value is -4.04. The van der Waals surface area contributed by atoms with Crippen molar-refractivity contribution in [2.45, 2.75) is 31.7 Å². The Morgan fingerprint density at radius 1 is 1.24 bits per heavy atom. The fourth-order valence-corrected chi connectivity index (χ4v) is 5.55. The predicted molar refractivity (Wildman–Crippen MR) is 155 cm³/mol. The number of aromatic nitrogens is 1. The minimum atomic E-state index is -0.198. The highest BCUT2D eigenvalue weighted by atomic mass is 32.1. The third kappa shape index (κ3) is 5.60. The normalized spacial score (nSPS) is 15.0. The Morgan fingerprint density at radius 3 is 2.76 bits per heavy atom. The van der Waals surface area contributed by atoms with E-state index in [1.54, 1.807) is 11.0 Å². The molecule has 8 heteroatoms. The van der Waals surface area contributed by atoms with E-state index < -0.39 is 0 Å². The summed E-state index contributed by atoms with van der Waals surface area (Å²) >= 11 is 1.49. The molecular formula is C30H31N5O2S. The number of aliphatic imine (C=N–C) groups is 1. The van der Waals surface area contributed by atoms with Gasteiger partial charge in [-0.1, -0.05) is 36.4 Å². The van der Waals surface area contributed by atoms with E-state index in [4.69, 9.17) is 0 Å². The summed E-state index contributed by atoms with van der Waals surface area (Å²) in [5, 5.41) is 3.08. The summed E-state index contributed by atoms with van der Waals surface area (Å²) in [4.78, 5) is 40.2. The number of rotatable bonds is 8. The van der Waals surface area contributed by atoms with Gasteiger partial charge in [0.2, 0.25) is 0 Å². The van der Waals surface area contributed by atoms with Crippen molar-refractivity contribution in [3.63, 3.8) is 0 Å². The molecule has 38 heavy (non-hydrogen) atoms. The molecule has 0 bridgehead atoms. The number of pyridine rings is 1. The van der Waals surface area contributed by atoms with Gasteiger partial charge in [0, 0.05) is 43.3 Å².